The van der Waals surface area contributed by atoms with Gasteiger partial charge in [0, 0.05) is 0 Å². The van der Waals surface area contributed by atoms with Gasteiger partial charge in [0.15, 0.2) is 14.6 Å². The van der Waals surface area contributed by atoms with Crippen molar-refractivity contribution in [2.24, 2.45) is 0 Å². The molecule has 0 N–H and O–H groups in total. The second-order valence-electron chi connectivity index (χ2n) is 3.56. The van der Waals surface area contributed by atoms with E-state index in [0.717, 1.165) is 12.1 Å². The highest BCUT2D eigenvalue weighted by atomic mass is 32.2. The van der Waals surface area contributed by atoms with Gasteiger partial charge < -0.3 is 0 Å². The molecule has 0 heterocycles. The third kappa shape index (κ3) is 1.85. The second kappa shape index (κ2) is 3.63. The standard InChI is InChI=1S/C10H10FNO2S/c1-10(2,7-12)15(13,14)9-6-4-3-5-8(9)11/h3-6H,1-2H3. The molecule has 0 aliphatic rings. The number of halogens is 1. The molecular weight excluding hydrogens is 217 g/mol. The lowest BCUT2D eigenvalue weighted by atomic mass is 10.2. The molecule has 0 aliphatic heterocycles. The second-order valence-corrected chi connectivity index (χ2v) is 6.02. The zero-order valence-corrected chi connectivity index (χ0v) is 9.18. The van der Waals surface area contributed by atoms with Crippen molar-refractivity contribution in [2.45, 2.75) is 23.5 Å². The zero-order chi connectivity index (χ0) is 11.7. The van der Waals surface area contributed by atoms with Crippen LogP contribution in [0.3, 0.4) is 0 Å². The van der Waals surface area contributed by atoms with Crippen LogP contribution in [0, 0.1) is 17.1 Å². The molecule has 15 heavy (non-hydrogen) atoms. The van der Waals surface area contributed by atoms with E-state index in [-0.39, 0.29) is 0 Å². The summed E-state index contributed by atoms with van der Waals surface area (Å²) in [5.41, 5.74) is 0. The minimum absolute atomic E-state index is 0.434. The minimum Gasteiger partial charge on any atom is -0.222 e. The van der Waals surface area contributed by atoms with Crippen molar-refractivity contribution in [2.75, 3.05) is 0 Å². The molecule has 0 aromatic heterocycles. The number of hydrogen-bond acceptors (Lipinski definition) is 3. The van der Waals surface area contributed by atoms with Crippen molar-refractivity contribution in [1.82, 2.24) is 0 Å². The molecule has 1 rings (SSSR count). The maximum Gasteiger partial charge on any atom is 0.199 e. The van der Waals surface area contributed by atoms with E-state index >= 15 is 0 Å². The maximum absolute atomic E-state index is 13.3. The zero-order valence-electron chi connectivity index (χ0n) is 8.36. The number of nitrogens with zero attached hydrogens (tertiary/aromatic N) is 1. The van der Waals surface area contributed by atoms with Crippen molar-refractivity contribution < 1.29 is 12.8 Å². The van der Waals surface area contributed by atoms with E-state index in [2.05, 4.69) is 0 Å². The first-order chi connectivity index (χ1) is 6.83. The summed E-state index contributed by atoms with van der Waals surface area (Å²) in [6.07, 6.45) is 0. The van der Waals surface area contributed by atoms with Crippen LogP contribution >= 0.6 is 0 Å². The van der Waals surface area contributed by atoms with Crippen LogP contribution in [0.2, 0.25) is 0 Å². The van der Waals surface area contributed by atoms with E-state index in [1.54, 1.807) is 6.07 Å². The van der Waals surface area contributed by atoms with E-state index in [9.17, 15) is 12.8 Å². The molecule has 80 valence electrons. The normalized spacial score (nSPS) is 12.1. The number of nitriles is 1. The summed E-state index contributed by atoms with van der Waals surface area (Å²) in [5.74, 6) is -0.833. The molecule has 3 nitrogen and oxygen atoms in total. The molecular formula is C10H10FNO2S. The molecule has 0 unspecified atom stereocenters. The van der Waals surface area contributed by atoms with Gasteiger partial charge in [-0.15, -0.1) is 0 Å². The summed E-state index contributed by atoms with van der Waals surface area (Å²) in [6, 6.07) is 6.68. The van der Waals surface area contributed by atoms with Gasteiger partial charge in [0.25, 0.3) is 0 Å². The first-order valence-electron chi connectivity index (χ1n) is 4.23. The number of benzene rings is 1. The van der Waals surface area contributed by atoms with E-state index in [1.807, 2.05) is 0 Å². The molecule has 0 saturated heterocycles. The fraction of sp³-hybridized carbons (Fsp3) is 0.300. The molecule has 0 amide bonds. The highest BCUT2D eigenvalue weighted by molar-refractivity contribution is 7.93. The maximum atomic E-state index is 13.3. The summed E-state index contributed by atoms with van der Waals surface area (Å²) < 4.78 is 35.3. The molecule has 0 radical (unpaired) electrons. The molecule has 0 saturated carbocycles. The first-order valence-corrected chi connectivity index (χ1v) is 5.71. The highest BCUT2D eigenvalue weighted by Crippen LogP contribution is 2.26. The summed E-state index contributed by atoms with van der Waals surface area (Å²) in [4.78, 5) is -0.434. The number of sulfone groups is 1. The monoisotopic (exact) mass is 227 g/mol. The summed E-state index contributed by atoms with van der Waals surface area (Å²) in [5, 5.41) is 8.73. The third-order valence-corrected chi connectivity index (χ3v) is 4.41. The van der Waals surface area contributed by atoms with Crippen molar-refractivity contribution in [3.8, 4) is 6.07 Å². The van der Waals surface area contributed by atoms with Crippen LogP contribution in [0.25, 0.3) is 0 Å². The van der Waals surface area contributed by atoms with Crippen LogP contribution in [0.5, 0.6) is 0 Å². The van der Waals surface area contributed by atoms with E-state index in [0.29, 0.717) is 0 Å². The largest absolute Gasteiger partial charge is 0.222 e. The minimum atomic E-state index is -3.96. The Labute approximate surface area is 88.1 Å². The number of rotatable bonds is 2. The van der Waals surface area contributed by atoms with Gasteiger partial charge in [-0.2, -0.15) is 5.26 Å². The Balaban J connectivity index is 3.45. The Morgan fingerprint density at radius 1 is 1.33 bits per heavy atom. The molecule has 0 aliphatic carbocycles. The molecule has 5 heteroatoms. The highest BCUT2D eigenvalue weighted by Gasteiger charge is 2.37. The molecule has 0 atom stereocenters. The molecule has 1 aromatic rings. The SMILES string of the molecule is CC(C)(C#N)S(=O)(=O)c1ccccc1F. The van der Waals surface area contributed by atoms with Crippen molar-refractivity contribution in [3.63, 3.8) is 0 Å². The Morgan fingerprint density at radius 2 is 1.87 bits per heavy atom. The average Bonchev–Trinajstić information content (AvgIpc) is 2.18. The summed E-state index contributed by atoms with van der Waals surface area (Å²) in [7, 11) is -3.96. The first kappa shape index (κ1) is 11.7. The molecule has 1 aromatic carbocycles. The van der Waals surface area contributed by atoms with Crippen molar-refractivity contribution >= 4 is 9.84 Å². The lowest BCUT2D eigenvalue weighted by Gasteiger charge is -2.16. The third-order valence-electron chi connectivity index (χ3n) is 2.07. The molecule has 0 fully saturated rings. The van der Waals surface area contributed by atoms with E-state index in [1.165, 1.54) is 26.0 Å². The van der Waals surface area contributed by atoms with Gasteiger partial charge in [0.1, 0.15) is 10.7 Å². The van der Waals surface area contributed by atoms with Gasteiger partial charge >= 0.3 is 0 Å². The van der Waals surface area contributed by atoms with Gasteiger partial charge in [0.2, 0.25) is 0 Å². The molecule has 0 spiro atoms. The lowest BCUT2D eigenvalue weighted by molar-refractivity contribution is 0.551. The lowest BCUT2D eigenvalue weighted by Crippen LogP contribution is -2.30. The van der Waals surface area contributed by atoms with Crippen LogP contribution in [-0.4, -0.2) is 13.2 Å². The van der Waals surface area contributed by atoms with Crippen LogP contribution in [0.4, 0.5) is 4.39 Å². The topological polar surface area (TPSA) is 57.9 Å². The van der Waals surface area contributed by atoms with Crippen LogP contribution in [0.1, 0.15) is 13.8 Å². The molecule has 0 bridgehead atoms. The van der Waals surface area contributed by atoms with Gasteiger partial charge in [-0.25, -0.2) is 12.8 Å². The van der Waals surface area contributed by atoms with Crippen LogP contribution in [0.15, 0.2) is 29.2 Å². The van der Waals surface area contributed by atoms with E-state index in [4.69, 9.17) is 5.26 Å². The smallest absolute Gasteiger partial charge is 0.199 e. The Hall–Kier alpha value is -1.41. The number of hydrogen-bond donors (Lipinski definition) is 0. The Kier molecular flexibility index (Phi) is 2.82. The fourth-order valence-electron chi connectivity index (χ4n) is 0.998. The van der Waals surface area contributed by atoms with E-state index < -0.39 is 25.3 Å². The van der Waals surface area contributed by atoms with Gasteiger partial charge in [0.05, 0.1) is 6.07 Å². The fourth-order valence-corrected chi connectivity index (χ4v) is 2.25. The predicted octanol–water partition coefficient (Wildman–Crippen LogP) is 1.90. The van der Waals surface area contributed by atoms with Crippen molar-refractivity contribution in [1.29, 1.82) is 5.26 Å². The van der Waals surface area contributed by atoms with Crippen LogP contribution < -0.4 is 0 Å². The Bertz CT molecular complexity index is 514. The average molecular weight is 227 g/mol. The van der Waals surface area contributed by atoms with Gasteiger partial charge in [-0.1, -0.05) is 12.1 Å². The Morgan fingerprint density at radius 3 is 2.33 bits per heavy atom. The van der Waals surface area contributed by atoms with Gasteiger partial charge in [-0.3, -0.25) is 0 Å². The van der Waals surface area contributed by atoms with Gasteiger partial charge in [-0.05, 0) is 26.0 Å². The predicted molar refractivity (Wildman–Crippen MR) is 53.3 cm³/mol. The quantitative estimate of drug-likeness (QED) is 0.775. The summed E-state index contributed by atoms with van der Waals surface area (Å²) >= 11 is 0. The van der Waals surface area contributed by atoms with Crippen molar-refractivity contribution in [3.05, 3.63) is 30.1 Å². The summed E-state index contributed by atoms with van der Waals surface area (Å²) in [6.45, 7) is 2.49. The van der Waals surface area contributed by atoms with Crippen LogP contribution in [-0.2, 0) is 9.84 Å².